The summed E-state index contributed by atoms with van der Waals surface area (Å²) < 4.78 is 10.9. The molecular weight excluding hydrogens is 454 g/mol. The van der Waals surface area contributed by atoms with E-state index < -0.39 is 5.97 Å². The molecule has 0 saturated carbocycles. The topological polar surface area (TPSA) is 92.2 Å². The van der Waals surface area contributed by atoms with Gasteiger partial charge in [0.05, 0.1) is 19.9 Å². The Bertz CT molecular complexity index is 1130. The summed E-state index contributed by atoms with van der Waals surface area (Å²) in [4.78, 5) is 31.5. The third-order valence-corrected chi connectivity index (χ3v) is 6.13. The number of aliphatic carboxylic acids is 1. The van der Waals surface area contributed by atoms with Gasteiger partial charge in [0.25, 0.3) is 5.91 Å². The van der Waals surface area contributed by atoms with Gasteiger partial charge in [-0.05, 0) is 42.3 Å². The van der Waals surface area contributed by atoms with Crippen LogP contribution in [0.15, 0.2) is 47.8 Å². The molecule has 2 aromatic carbocycles. The van der Waals surface area contributed by atoms with Crippen molar-refractivity contribution in [3.05, 3.63) is 59.0 Å². The summed E-state index contributed by atoms with van der Waals surface area (Å²) in [7, 11) is 4.74. The Morgan fingerprint density at radius 1 is 1.09 bits per heavy atom. The molecule has 8 nitrogen and oxygen atoms in total. The van der Waals surface area contributed by atoms with E-state index in [0.717, 1.165) is 46.4 Å². The smallest absolute Gasteiger partial charge is 0.323 e. The molecule has 0 radical (unpaired) electrons. The van der Waals surface area contributed by atoms with Gasteiger partial charge in [0, 0.05) is 36.6 Å². The predicted molar refractivity (Wildman–Crippen MR) is 133 cm³/mol. The molecule has 1 aromatic heterocycles. The molecule has 0 bridgehead atoms. The highest BCUT2D eigenvalue weighted by Gasteiger charge is 2.17. The molecule has 1 amide bonds. The Kier molecular flexibility index (Phi) is 8.48. The van der Waals surface area contributed by atoms with Gasteiger partial charge in [0.1, 0.15) is 18.0 Å². The lowest BCUT2D eigenvalue weighted by atomic mass is 10.1. The number of rotatable bonds is 11. The van der Waals surface area contributed by atoms with Crippen molar-refractivity contribution in [3.8, 4) is 22.8 Å². The van der Waals surface area contributed by atoms with E-state index in [1.165, 1.54) is 11.9 Å². The quantitative estimate of drug-likeness (QED) is 0.432. The molecule has 0 fully saturated rings. The summed E-state index contributed by atoms with van der Waals surface area (Å²) in [5, 5.41) is 11.8. The Morgan fingerprint density at radius 3 is 2.44 bits per heavy atom. The van der Waals surface area contributed by atoms with E-state index in [1.54, 1.807) is 37.7 Å². The highest BCUT2D eigenvalue weighted by molar-refractivity contribution is 7.14. The Labute approximate surface area is 203 Å². The van der Waals surface area contributed by atoms with Crippen molar-refractivity contribution in [3.63, 3.8) is 0 Å². The van der Waals surface area contributed by atoms with Crippen molar-refractivity contribution in [2.75, 3.05) is 39.3 Å². The molecule has 9 heteroatoms. The molecule has 180 valence electrons. The van der Waals surface area contributed by atoms with Crippen molar-refractivity contribution in [2.45, 2.75) is 19.9 Å². The van der Waals surface area contributed by atoms with E-state index in [2.05, 4.69) is 11.8 Å². The van der Waals surface area contributed by atoms with Crippen molar-refractivity contribution in [1.29, 1.82) is 0 Å². The Morgan fingerprint density at radius 2 is 1.82 bits per heavy atom. The van der Waals surface area contributed by atoms with Crippen LogP contribution in [-0.2, 0) is 11.3 Å². The van der Waals surface area contributed by atoms with Crippen molar-refractivity contribution in [1.82, 2.24) is 9.88 Å². The Hall–Kier alpha value is -3.59. The van der Waals surface area contributed by atoms with Crippen LogP contribution in [0.5, 0.6) is 11.5 Å². The monoisotopic (exact) mass is 483 g/mol. The van der Waals surface area contributed by atoms with Crippen LogP contribution in [0.3, 0.4) is 0 Å². The van der Waals surface area contributed by atoms with E-state index in [1.807, 2.05) is 35.7 Å². The standard InChI is InChI=1S/C25H29N3O5S/c1-5-12-28(14-17-6-8-18(9-7-17)24(31)27(2)15-23(29)30)25-26-21(16-34-25)20-13-19(32-3)10-11-22(20)33-4/h6-11,13,16H,5,12,14-15H2,1-4H3,(H,29,30). The molecule has 1 heterocycles. The van der Waals surface area contributed by atoms with Gasteiger partial charge in [-0.2, -0.15) is 0 Å². The molecule has 0 aliphatic heterocycles. The molecule has 0 saturated heterocycles. The number of thiazole rings is 1. The number of aromatic nitrogens is 1. The van der Waals surface area contributed by atoms with Crippen LogP contribution in [0.2, 0.25) is 0 Å². The normalized spacial score (nSPS) is 10.6. The van der Waals surface area contributed by atoms with Gasteiger partial charge in [-0.15, -0.1) is 11.3 Å². The molecule has 1 N–H and O–H groups in total. The first-order chi connectivity index (χ1) is 16.4. The summed E-state index contributed by atoms with van der Waals surface area (Å²) in [6.45, 7) is 3.24. The molecule has 0 unspecified atom stereocenters. The Balaban J connectivity index is 1.79. The predicted octanol–water partition coefficient (Wildman–Crippen LogP) is 4.40. The summed E-state index contributed by atoms with van der Waals surface area (Å²) >= 11 is 1.56. The van der Waals surface area contributed by atoms with E-state index in [4.69, 9.17) is 19.6 Å². The summed E-state index contributed by atoms with van der Waals surface area (Å²) in [6, 6.07) is 12.9. The number of carboxylic acid groups (broad SMARTS) is 1. The molecule has 0 aliphatic carbocycles. The number of likely N-dealkylation sites (N-methyl/N-ethyl adjacent to an activating group) is 1. The van der Waals surface area contributed by atoms with E-state index in [-0.39, 0.29) is 12.5 Å². The van der Waals surface area contributed by atoms with Crippen molar-refractivity contribution >= 4 is 28.3 Å². The lowest BCUT2D eigenvalue weighted by Crippen LogP contribution is -2.31. The second-order valence-electron chi connectivity index (χ2n) is 7.75. The average Bonchev–Trinajstić information content (AvgIpc) is 3.33. The number of carboxylic acids is 1. The highest BCUT2D eigenvalue weighted by Crippen LogP contribution is 2.36. The van der Waals surface area contributed by atoms with Gasteiger partial charge < -0.3 is 24.4 Å². The largest absolute Gasteiger partial charge is 0.497 e. The number of carbonyl (C=O) groups excluding carboxylic acids is 1. The minimum atomic E-state index is -1.04. The second-order valence-corrected chi connectivity index (χ2v) is 8.59. The summed E-state index contributed by atoms with van der Waals surface area (Å²) in [5.41, 5.74) is 3.17. The van der Waals surface area contributed by atoms with Crippen molar-refractivity contribution < 1.29 is 24.2 Å². The lowest BCUT2D eigenvalue weighted by molar-refractivity contribution is -0.137. The zero-order valence-electron chi connectivity index (χ0n) is 19.8. The van der Waals surface area contributed by atoms with E-state index in [9.17, 15) is 9.59 Å². The van der Waals surface area contributed by atoms with E-state index in [0.29, 0.717) is 12.1 Å². The van der Waals surface area contributed by atoms with Gasteiger partial charge >= 0.3 is 5.97 Å². The first-order valence-electron chi connectivity index (χ1n) is 10.8. The maximum Gasteiger partial charge on any atom is 0.323 e. The first-order valence-corrected chi connectivity index (χ1v) is 11.7. The molecule has 3 rings (SSSR count). The molecule has 0 atom stereocenters. The SMILES string of the molecule is CCCN(Cc1ccc(C(=O)N(C)CC(=O)O)cc1)c1nc(-c2cc(OC)ccc2OC)cs1. The second kappa shape index (κ2) is 11.5. The zero-order chi connectivity index (χ0) is 24.7. The van der Waals surface area contributed by atoms with Crippen molar-refractivity contribution in [2.24, 2.45) is 0 Å². The van der Waals surface area contributed by atoms with Gasteiger partial charge in [0.2, 0.25) is 0 Å². The fourth-order valence-electron chi connectivity index (χ4n) is 3.53. The van der Waals surface area contributed by atoms with E-state index >= 15 is 0 Å². The van der Waals surface area contributed by atoms with Gasteiger partial charge in [0.15, 0.2) is 5.13 Å². The number of hydrogen-bond donors (Lipinski definition) is 1. The lowest BCUT2D eigenvalue weighted by Gasteiger charge is -2.21. The van der Waals surface area contributed by atoms with Crippen LogP contribution < -0.4 is 14.4 Å². The number of methoxy groups -OCH3 is 2. The maximum absolute atomic E-state index is 12.4. The third-order valence-electron chi connectivity index (χ3n) is 5.23. The van der Waals surface area contributed by atoms with Crippen LogP contribution in [-0.4, -0.2) is 61.2 Å². The number of ether oxygens (including phenoxy) is 2. The van der Waals surface area contributed by atoms with Gasteiger partial charge in [-0.3, -0.25) is 9.59 Å². The fourth-order valence-corrected chi connectivity index (χ4v) is 4.38. The first kappa shape index (κ1) is 25.0. The third kappa shape index (κ3) is 6.05. The number of hydrogen-bond acceptors (Lipinski definition) is 7. The van der Waals surface area contributed by atoms with Crippen LogP contribution in [0.25, 0.3) is 11.3 Å². The average molecular weight is 484 g/mol. The van der Waals surface area contributed by atoms with Crippen LogP contribution in [0.4, 0.5) is 5.13 Å². The minimum Gasteiger partial charge on any atom is -0.497 e. The molecular formula is C25H29N3O5S. The highest BCUT2D eigenvalue weighted by atomic mass is 32.1. The van der Waals surface area contributed by atoms with Crippen LogP contribution >= 0.6 is 11.3 Å². The van der Waals surface area contributed by atoms with Gasteiger partial charge in [-0.25, -0.2) is 4.98 Å². The number of nitrogens with zero attached hydrogens (tertiary/aromatic N) is 3. The molecule has 0 aliphatic rings. The summed E-state index contributed by atoms with van der Waals surface area (Å²) in [5.74, 6) is 0.0976. The zero-order valence-corrected chi connectivity index (χ0v) is 20.6. The molecule has 3 aromatic rings. The minimum absolute atomic E-state index is 0.323. The summed E-state index contributed by atoms with van der Waals surface area (Å²) in [6.07, 6.45) is 0.952. The fraction of sp³-hybridized carbons (Fsp3) is 0.320. The maximum atomic E-state index is 12.4. The number of anilines is 1. The molecule has 34 heavy (non-hydrogen) atoms. The van der Waals surface area contributed by atoms with Gasteiger partial charge in [-0.1, -0.05) is 19.1 Å². The number of amides is 1. The number of carbonyl (C=O) groups is 2. The number of benzene rings is 2. The van der Waals surface area contributed by atoms with Crippen LogP contribution in [0, 0.1) is 0 Å². The molecule has 0 spiro atoms. The van der Waals surface area contributed by atoms with Crippen LogP contribution in [0.1, 0.15) is 29.3 Å².